The summed E-state index contributed by atoms with van der Waals surface area (Å²) in [6.45, 7) is 3.12. The molecule has 1 aliphatic rings. The number of ether oxygens (including phenoxy) is 1. The van der Waals surface area contributed by atoms with E-state index in [9.17, 15) is 9.90 Å². The fourth-order valence-electron chi connectivity index (χ4n) is 5.02. The van der Waals surface area contributed by atoms with E-state index in [1.165, 1.54) is 33.7 Å². The number of para-hydroxylation sites is 1. The Morgan fingerprint density at radius 2 is 2.12 bits per heavy atom. The number of benzene rings is 2. The molecule has 0 bridgehead atoms. The minimum atomic E-state index is -0.545. The van der Waals surface area contributed by atoms with Crippen molar-refractivity contribution in [1.29, 1.82) is 0 Å². The highest BCUT2D eigenvalue weighted by molar-refractivity contribution is 5.90. The van der Waals surface area contributed by atoms with Crippen LogP contribution in [-0.2, 0) is 28.9 Å². The summed E-state index contributed by atoms with van der Waals surface area (Å²) in [5, 5.41) is 19.7. The van der Waals surface area contributed by atoms with Crippen LogP contribution in [-0.4, -0.2) is 59.1 Å². The van der Waals surface area contributed by atoms with Crippen molar-refractivity contribution in [3.05, 3.63) is 77.0 Å². The van der Waals surface area contributed by atoms with E-state index < -0.39 is 5.91 Å². The summed E-state index contributed by atoms with van der Waals surface area (Å²) in [5.74, 6) is -0.545. The molecule has 0 spiro atoms. The number of fused-ring (bicyclic) bond motifs is 2. The molecule has 0 fully saturated rings. The number of carbonyl (C=O) groups is 1. The second-order valence-electron chi connectivity index (χ2n) is 8.69. The van der Waals surface area contributed by atoms with Gasteiger partial charge >= 0.3 is 0 Å². The van der Waals surface area contributed by atoms with Gasteiger partial charge in [0.1, 0.15) is 0 Å². The zero-order valence-electron chi connectivity index (χ0n) is 19.6. The molecule has 0 saturated heterocycles. The lowest BCUT2D eigenvalue weighted by molar-refractivity contribution is -0.124. The summed E-state index contributed by atoms with van der Waals surface area (Å²) in [5.41, 5.74) is 7.65. The Morgan fingerprint density at radius 3 is 2.91 bits per heavy atom. The van der Waals surface area contributed by atoms with Crippen LogP contribution < -0.4 is 5.48 Å². The summed E-state index contributed by atoms with van der Waals surface area (Å²) in [6, 6.07) is 15.0. The molecule has 0 radical (unpaired) electrons. The molecule has 3 aromatic rings. The number of nitrogens with one attached hydrogen (secondary N) is 1. The average Bonchev–Trinajstić information content (AvgIpc) is 3.45. The number of carbonyl (C=O) groups excluding carboxylic acids is 1. The quantitative estimate of drug-likeness (QED) is 0.231. The van der Waals surface area contributed by atoms with Gasteiger partial charge < -0.3 is 14.4 Å². The van der Waals surface area contributed by atoms with Crippen molar-refractivity contribution in [3.8, 4) is 0 Å². The monoisotopic (exact) mass is 463 g/mol. The lowest BCUT2D eigenvalue weighted by Gasteiger charge is -2.29. The highest BCUT2D eigenvalue weighted by Gasteiger charge is 2.27. The Morgan fingerprint density at radius 1 is 1.26 bits per heavy atom. The van der Waals surface area contributed by atoms with Gasteiger partial charge in [0.05, 0.1) is 13.2 Å². The van der Waals surface area contributed by atoms with Crippen molar-refractivity contribution in [2.75, 3.05) is 33.4 Å². The largest absolute Gasteiger partial charge is 0.395 e. The number of nitrogens with zero attached hydrogens (tertiary/aromatic N) is 2. The van der Waals surface area contributed by atoms with Crippen LogP contribution in [0.5, 0.6) is 0 Å². The Labute approximate surface area is 200 Å². The molecule has 1 aromatic heterocycles. The van der Waals surface area contributed by atoms with E-state index in [2.05, 4.69) is 52.1 Å². The van der Waals surface area contributed by atoms with Gasteiger partial charge in [0, 0.05) is 56.0 Å². The van der Waals surface area contributed by atoms with Gasteiger partial charge in [-0.3, -0.25) is 14.9 Å². The fraction of sp³-hybridized carbons (Fsp3) is 0.370. The molecular formula is C27H33N3O4. The van der Waals surface area contributed by atoms with Crippen molar-refractivity contribution in [2.45, 2.75) is 31.8 Å². The maximum absolute atomic E-state index is 11.3. The van der Waals surface area contributed by atoms with Crippen LogP contribution >= 0.6 is 0 Å². The molecule has 2 aromatic carbocycles. The van der Waals surface area contributed by atoms with Crippen LogP contribution in [0.3, 0.4) is 0 Å². The smallest absolute Gasteiger partial charge is 0.267 e. The van der Waals surface area contributed by atoms with Crippen molar-refractivity contribution < 1.29 is 19.8 Å². The van der Waals surface area contributed by atoms with Gasteiger partial charge in [0.2, 0.25) is 0 Å². The predicted octanol–water partition coefficient (Wildman–Crippen LogP) is 3.33. The second-order valence-corrected chi connectivity index (χ2v) is 8.69. The number of rotatable bonds is 11. The number of aliphatic hydroxyl groups excluding tert-OH is 1. The standard InChI is InChI=1S/C27H33N3O4/c1-34-17-15-30-19-22(23-4-2-3-5-25(23)30)12-13-29(14-16-31)26-10-8-21-18-20(6-9-24(21)26)7-11-27(32)28-33/h2-7,9,11,18-19,26,31,33H,8,10,12-17H2,1H3,(H,28,32)/b11-7+. The van der Waals surface area contributed by atoms with E-state index in [4.69, 9.17) is 9.94 Å². The highest BCUT2D eigenvalue weighted by atomic mass is 16.5. The van der Waals surface area contributed by atoms with E-state index >= 15 is 0 Å². The minimum absolute atomic E-state index is 0.124. The van der Waals surface area contributed by atoms with Crippen molar-refractivity contribution >= 4 is 22.9 Å². The summed E-state index contributed by atoms with van der Waals surface area (Å²) in [6.07, 6.45) is 8.13. The fourth-order valence-corrected chi connectivity index (χ4v) is 5.02. The van der Waals surface area contributed by atoms with Crippen molar-refractivity contribution in [3.63, 3.8) is 0 Å². The molecule has 3 N–H and O–H groups in total. The third kappa shape index (κ3) is 5.39. The van der Waals surface area contributed by atoms with Gasteiger partial charge in [-0.1, -0.05) is 36.4 Å². The zero-order chi connectivity index (χ0) is 23.9. The number of aliphatic hydroxyl groups is 1. The highest BCUT2D eigenvalue weighted by Crippen LogP contribution is 2.36. The topological polar surface area (TPSA) is 87.0 Å². The normalized spacial score (nSPS) is 15.5. The van der Waals surface area contributed by atoms with Crippen LogP contribution in [0, 0.1) is 0 Å². The van der Waals surface area contributed by atoms with Crippen molar-refractivity contribution in [2.24, 2.45) is 0 Å². The third-order valence-electron chi connectivity index (χ3n) is 6.65. The third-order valence-corrected chi connectivity index (χ3v) is 6.65. The molecule has 4 rings (SSSR count). The summed E-state index contributed by atoms with van der Waals surface area (Å²) in [4.78, 5) is 13.7. The molecule has 1 amide bonds. The van der Waals surface area contributed by atoms with Crippen LogP contribution in [0.15, 0.2) is 54.7 Å². The van der Waals surface area contributed by atoms with Crippen LogP contribution in [0.1, 0.15) is 34.7 Å². The van der Waals surface area contributed by atoms with Crippen LogP contribution in [0.4, 0.5) is 0 Å². The zero-order valence-corrected chi connectivity index (χ0v) is 19.6. The molecule has 180 valence electrons. The molecule has 34 heavy (non-hydrogen) atoms. The first-order valence-corrected chi connectivity index (χ1v) is 11.8. The first-order chi connectivity index (χ1) is 16.6. The number of hydrogen-bond donors (Lipinski definition) is 3. The SMILES string of the molecule is COCCn1cc(CCN(CCO)C2CCc3cc(/C=C/C(=O)NO)ccc32)c2ccccc21. The maximum Gasteiger partial charge on any atom is 0.267 e. The average molecular weight is 464 g/mol. The van der Waals surface area contributed by atoms with E-state index in [0.717, 1.165) is 37.9 Å². The van der Waals surface area contributed by atoms with Crippen LogP contribution in [0.25, 0.3) is 17.0 Å². The Hall–Kier alpha value is -2.97. The lowest BCUT2D eigenvalue weighted by atomic mass is 10.0. The summed E-state index contributed by atoms with van der Waals surface area (Å²) in [7, 11) is 1.73. The summed E-state index contributed by atoms with van der Waals surface area (Å²) < 4.78 is 7.55. The molecular weight excluding hydrogens is 430 g/mol. The number of amides is 1. The van der Waals surface area contributed by atoms with Gasteiger partial charge in [-0.15, -0.1) is 0 Å². The summed E-state index contributed by atoms with van der Waals surface area (Å²) >= 11 is 0. The maximum atomic E-state index is 11.3. The van der Waals surface area contributed by atoms with E-state index in [-0.39, 0.29) is 12.6 Å². The second kappa shape index (κ2) is 11.4. The number of methoxy groups -OCH3 is 1. The molecule has 0 saturated carbocycles. The van der Waals surface area contributed by atoms with E-state index in [0.29, 0.717) is 13.2 Å². The molecule has 7 heteroatoms. The van der Waals surface area contributed by atoms with Crippen molar-refractivity contribution in [1.82, 2.24) is 14.9 Å². The molecule has 1 atom stereocenters. The van der Waals surface area contributed by atoms with Gasteiger partial charge in [-0.05, 0) is 53.7 Å². The number of hydroxylamine groups is 1. The Kier molecular flexibility index (Phi) is 8.13. The van der Waals surface area contributed by atoms with Gasteiger partial charge in [-0.25, -0.2) is 5.48 Å². The molecule has 1 heterocycles. The Balaban J connectivity index is 1.50. The molecule has 0 aliphatic heterocycles. The number of aromatic nitrogens is 1. The van der Waals surface area contributed by atoms with E-state index in [1.54, 1.807) is 18.7 Å². The first-order valence-electron chi connectivity index (χ1n) is 11.8. The Bertz CT molecular complexity index is 1150. The number of aryl methyl sites for hydroxylation is 1. The van der Waals surface area contributed by atoms with E-state index in [1.807, 2.05) is 6.07 Å². The number of hydrogen-bond acceptors (Lipinski definition) is 5. The predicted molar refractivity (Wildman–Crippen MR) is 133 cm³/mol. The van der Waals surface area contributed by atoms with Gasteiger partial charge in [0.15, 0.2) is 0 Å². The van der Waals surface area contributed by atoms with Gasteiger partial charge in [0.25, 0.3) is 5.91 Å². The van der Waals surface area contributed by atoms with Crippen LogP contribution in [0.2, 0.25) is 0 Å². The molecule has 1 unspecified atom stereocenters. The molecule has 1 aliphatic carbocycles. The molecule has 7 nitrogen and oxygen atoms in total. The lowest BCUT2D eigenvalue weighted by Crippen LogP contribution is -2.32. The first kappa shape index (κ1) is 24.2. The minimum Gasteiger partial charge on any atom is -0.395 e. The van der Waals surface area contributed by atoms with Gasteiger partial charge in [-0.2, -0.15) is 0 Å².